The van der Waals surface area contributed by atoms with Gasteiger partial charge in [-0.25, -0.2) is 0 Å². The van der Waals surface area contributed by atoms with Gasteiger partial charge in [0, 0.05) is 5.56 Å². The van der Waals surface area contributed by atoms with Crippen LogP contribution in [0.4, 0.5) is 0 Å². The maximum Gasteiger partial charge on any atom is 0.159 e. The lowest BCUT2D eigenvalue weighted by Crippen LogP contribution is -1.91. The van der Waals surface area contributed by atoms with E-state index in [1.54, 1.807) is 14.0 Å². The van der Waals surface area contributed by atoms with E-state index in [2.05, 4.69) is 0 Å². The highest BCUT2D eigenvalue weighted by Gasteiger charge is 2.01. The van der Waals surface area contributed by atoms with Gasteiger partial charge in [-0.2, -0.15) is 0 Å². The zero-order valence-corrected chi connectivity index (χ0v) is 10.8. The third-order valence-electron chi connectivity index (χ3n) is 2.45. The molecular formula is C15H18O2. The number of carbonyl (C=O) groups is 1. The number of rotatable bonds is 2. The van der Waals surface area contributed by atoms with E-state index < -0.39 is 0 Å². The summed E-state index contributed by atoms with van der Waals surface area (Å²) in [5.74, 6) is 0.922. The Kier molecular flexibility index (Phi) is 4.70. The number of hydrogen-bond donors (Lipinski definition) is 0. The first-order valence-electron chi connectivity index (χ1n) is 5.79. The van der Waals surface area contributed by atoms with Crippen LogP contribution in [0.1, 0.15) is 31.1 Å². The highest BCUT2D eigenvalue weighted by atomic mass is 16.5. The van der Waals surface area contributed by atoms with Gasteiger partial charge in [0.2, 0.25) is 0 Å². The van der Waals surface area contributed by atoms with Crippen LogP contribution in [0.2, 0.25) is 0 Å². The van der Waals surface area contributed by atoms with Crippen molar-refractivity contribution in [1.29, 1.82) is 0 Å². The van der Waals surface area contributed by atoms with Gasteiger partial charge >= 0.3 is 0 Å². The predicted molar refractivity (Wildman–Crippen MR) is 71.9 cm³/mol. The summed E-state index contributed by atoms with van der Waals surface area (Å²) in [6.07, 6.45) is 0. The second-order valence-electron chi connectivity index (χ2n) is 3.48. The molecule has 0 aliphatic rings. The molecule has 2 aromatic carbocycles. The summed E-state index contributed by atoms with van der Waals surface area (Å²) >= 11 is 0. The zero-order valence-electron chi connectivity index (χ0n) is 10.8. The van der Waals surface area contributed by atoms with Crippen molar-refractivity contribution in [2.24, 2.45) is 0 Å². The summed E-state index contributed by atoms with van der Waals surface area (Å²) in [6.45, 7) is 5.57. The van der Waals surface area contributed by atoms with Gasteiger partial charge in [0.1, 0.15) is 5.75 Å². The predicted octanol–water partition coefficient (Wildman–Crippen LogP) is 4.08. The van der Waals surface area contributed by atoms with Crippen molar-refractivity contribution >= 4 is 16.6 Å². The summed E-state index contributed by atoms with van der Waals surface area (Å²) < 4.78 is 5.13. The number of hydrogen-bond acceptors (Lipinski definition) is 2. The minimum atomic E-state index is 0.0905. The van der Waals surface area contributed by atoms with Crippen molar-refractivity contribution in [3.8, 4) is 5.75 Å². The Bertz CT molecular complexity index is 515. The molecule has 2 rings (SSSR count). The first-order valence-corrected chi connectivity index (χ1v) is 5.79. The second-order valence-corrected chi connectivity index (χ2v) is 3.48. The van der Waals surface area contributed by atoms with Crippen LogP contribution in [0, 0.1) is 0 Å². The van der Waals surface area contributed by atoms with Crippen molar-refractivity contribution in [2.45, 2.75) is 20.8 Å². The molecule has 0 radical (unpaired) electrons. The zero-order chi connectivity index (χ0) is 12.8. The molecule has 90 valence electrons. The maximum atomic E-state index is 11.2. The average Bonchev–Trinajstić information content (AvgIpc) is 2.39. The van der Waals surface area contributed by atoms with Crippen molar-refractivity contribution in [3.63, 3.8) is 0 Å². The molecule has 0 unspecified atom stereocenters. The molecule has 2 aromatic rings. The topological polar surface area (TPSA) is 26.3 Å². The Balaban J connectivity index is 0.000000686. The largest absolute Gasteiger partial charge is 0.497 e. The highest BCUT2D eigenvalue weighted by molar-refractivity contribution is 5.98. The van der Waals surface area contributed by atoms with E-state index in [4.69, 9.17) is 4.74 Å². The van der Waals surface area contributed by atoms with Crippen LogP contribution in [0.5, 0.6) is 5.75 Å². The van der Waals surface area contributed by atoms with E-state index in [9.17, 15) is 4.79 Å². The molecule has 0 fully saturated rings. The molecule has 0 aliphatic carbocycles. The molecule has 2 nitrogen and oxygen atoms in total. The molecule has 0 bridgehead atoms. The van der Waals surface area contributed by atoms with E-state index in [1.165, 1.54) is 0 Å². The van der Waals surface area contributed by atoms with Crippen LogP contribution < -0.4 is 4.74 Å². The highest BCUT2D eigenvalue weighted by Crippen LogP contribution is 2.21. The van der Waals surface area contributed by atoms with Gasteiger partial charge in [-0.15, -0.1) is 0 Å². The van der Waals surface area contributed by atoms with Gasteiger partial charge in [0.25, 0.3) is 0 Å². The van der Waals surface area contributed by atoms with Crippen LogP contribution in [-0.2, 0) is 0 Å². The first-order chi connectivity index (χ1) is 8.20. The van der Waals surface area contributed by atoms with Crippen LogP contribution in [0.3, 0.4) is 0 Å². The van der Waals surface area contributed by atoms with Gasteiger partial charge in [0.05, 0.1) is 7.11 Å². The third kappa shape index (κ3) is 3.06. The molecule has 0 aromatic heterocycles. The van der Waals surface area contributed by atoms with E-state index in [0.717, 1.165) is 22.1 Å². The van der Waals surface area contributed by atoms with E-state index in [-0.39, 0.29) is 5.78 Å². The van der Waals surface area contributed by atoms with Gasteiger partial charge in [0.15, 0.2) is 5.78 Å². The Morgan fingerprint density at radius 3 is 2.18 bits per heavy atom. The maximum absolute atomic E-state index is 11.2. The molecule has 0 spiro atoms. The number of ether oxygens (including phenoxy) is 1. The van der Waals surface area contributed by atoms with Gasteiger partial charge < -0.3 is 4.74 Å². The monoisotopic (exact) mass is 230 g/mol. The molecule has 17 heavy (non-hydrogen) atoms. The molecule has 0 atom stereocenters. The molecule has 0 saturated carbocycles. The van der Waals surface area contributed by atoms with E-state index in [0.29, 0.717) is 0 Å². The SMILES string of the molecule is CC.COc1ccc2cc(C(C)=O)ccc2c1. The van der Waals surface area contributed by atoms with E-state index in [1.807, 2.05) is 50.2 Å². The number of ketones is 1. The van der Waals surface area contributed by atoms with Gasteiger partial charge in [-0.3, -0.25) is 4.79 Å². The lowest BCUT2D eigenvalue weighted by molar-refractivity contribution is 0.101. The Hall–Kier alpha value is -1.83. The minimum Gasteiger partial charge on any atom is -0.497 e. The lowest BCUT2D eigenvalue weighted by atomic mass is 10.0. The smallest absolute Gasteiger partial charge is 0.159 e. The molecule has 0 heterocycles. The van der Waals surface area contributed by atoms with Crippen LogP contribution in [-0.4, -0.2) is 12.9 Å². The number of fused-ring (bicyclic) bond motifs is 1. The quantitative estimate of drug-likeness (QED) is 0.727. The number of benzene rings is 2. The van der Waals surface area contributed by atoms with Crippen molar-refractivity contribution < 1.29 is 9.53 Å². The summed E-state index contributed by atoms with van der Waals surface area (Å²) in [7, 11) is 1.64. The summed E-state index contributed by atoms with van der Waals surface area (Å²) in [4.78, 5) is 11.2. The van der Waals surface area contributed by atoms with Crippen molar-refractivity contribution in [2.75, 3.05) is 7.11 Å². The Labute approximate surface area is 102 Å². The molecular weight excluding hydrogens is 212 g/mol. The standard InChI is InChI=1S/C13H12O2.C2H6/c1-9(14)10-3-4-12-8-13(15-2)6-5-11(12)7-10;1-2/h3-8H,1-2H3;1-2H3. The minimum absolute atomic E-state index is 0.0905. The molecule has 2 heteroatoms. The lowest BCUT2D eigenvalue weighted by Gasteiger charge is -2.03. The van der Waals surface area contributed by atoms with Crippen LogP contribution >= 0.6 is 0 Å². The average molecular weight is 230 g/mol. The molecule has 0 N–H and O–H groups in total. The molecule has 0 aliphatic heterocycles. The number of carbonyl (C=O) groups excluding carboxylic acids is 1. The summed E-state index contributed by atoms with van der Waals surface area (Å²) in [5, 5.41) is 2.14. The Morgan fingerprint density at radius 2 is 1.59 bits per heavy atom. The fraction of sp³-hybridized carbons (Fsp3) is 0.267. The Morgan fingerprint density at radius 1 is 1.00 bits per heavy atom. The normalized spacial score (nSPS) is 9.41. The third-order valence-corrected chi connectivity index (χ3v) is 2.45. The summed E-state index contributed by atoms with van der Waals surface area (Å²) in [5.41, 5.74) is 0.743. The van der Waals surface area contributed by atoms with Gasteiger partial charge in [-0.1, -0.05) is 32.0 Å². The number of Topliss-reactive ketones (excluding diaryl/α,β-unsaturated/α-hetero) is 1. The summed E-state index contributed by atoms with van der Waals surface area (Å²) in [6, 6.07) is 11.5. The van der Waals surface area contributed by atoms with Crippen LogP contribution in [0.25, 0.3) is 10.8 Å². The fourth-order valence-corrected chi connectivity index (χ4v) is 1.57. The number of methoxy groups -OCH3 is 1. The van der Waals surface area contributed by atoms with Crippen LogP contribution in [0.15, 0.2) is 36.4 Å². The van der Waals surface area contributed by atoms with Crippen molar-refractivity contribution in [1.82, 2.24) is 0 Å². The van der Waals surface area contributed by atoms with E-state index >= 15 is 0 Å². The molecule has 0 amide bonds. The fourth-order valence-electron chi connectivity index (χ4n) is 1.57. The first kappa shape index (κ1) is 13.2. The van der Waals surface area contributed by atoms with Gasteiger partial charge in [-0.05, 0) is 35.9 Å². The van der Waals surface area contributed by atoms with Crippen molar-refractivity contribution in [3.05, 3.63) is 42.0 Å². The second kappa shape index (κ2) is 6.04. The molecule has 0 saturated heterocycles.